The molecule has 0 unspecified atom stereocenters. The van der Waals surface area contributed by atoms with E-state index in [1.807, 2.05) is 0 Å². The van der Waals surface area contributed by atoms with E-state index < -0.39 is 0 Å². The highest BCUT2D eigenvalue weighted by Crippen LogP contribution is 2.17. The molecule has 0 aliphatic heterocycles. The molecule has 0 heterocycles. The maximum atomic E-state index is 4.20. The molecule has 0 N–H and O–H groups in total. The maximum absolute atomic E-state index is 4.20. The average Bonchev–Trinajstić information content (AvgIpc) is 1.90. The van der Waals surface area contributed by atoms with Crippen molar-refractivity contribution in [3.8, 4) is 0 Å². The largest absolute Gasteiger partial charge is 0.175 e. The van der Waals surface area contributed by atoms with Crippen LogP contribution in [-0.2, 0) is 0 Å². The Morgan fingerprint density at radius 3 is 2.67 bits per heavy atom. The lowest BCUT2D eigenvalue weighted by atomic mass is 10.0. The molecule has 0 fully saturated rings. The van der Waals surface area contributed by atoms with Gasteiger partial charge in [0.2, 0.25) is 0 Å². The Morgan fingerprint density at radius 2 is 2.22 bits per heavy atom. The number of allylic oxidation sites excluding steroid dienone is 3. The van der Waals surface area contributed by atoms with E-state index in [2.05, 4.69) is 31.7 Å². The molecule has 1 rings (SSSR count). The van der Waals surface area contributed by atoms with Gasteiger partial charge in [0.1, 0.15) is 0 Å². The first-order valence-electron chi connectivity index (χ1n) is 3.29. The van der Waals surface area contributed by atoms with Crippen molar-refractivity contribution in [1.82, 2.24) is 0 Å². The van der Waals surface area contributed by atoms with Crippen molar-refractivity contribution in [3.05, 3.63) is 23.3 Å². The topological polar surface area (TPSA) is 0 Å². The molecule has 0 radical (unpaired) electrons. The van der Waals surface area contributed by atoms with Crippen LogP contribution >= 0.6 is 12.6 Å². The molecular formula is C8H12S. The summed E-state index contributed by atoms with van der Waals surface area (Å²) in [6, 6.07) is 0. The van der Waals surface area contributed by atoms with Gasteiger partial charge in [-0.25, -0.2) is 0 Å². The van der Waals surface area contributed by atoms with E-state index in [4.69, 9.17) is 0 Å². The predicted octanol–water partition coefficient (Wildman–Crippen LogP) is 2.58. The van der Waals surface area contributed by atoms with Gasteiger partial charge >= 0.3 is 0 Å². The number of hydrogen-bond acceptors (Lipinski definition) is 1. The molecule has 0 spiro atoms. The lowest BCUT2D eigenvalue weighted by molar-refractivity contribution is 0.910. The molecule has 9 heavy (non-hydrogen) atoms. The zero-order chi connectivity index (χ0) is 6.69. The van der Waals surface area contributed by atoms with Crippen molar-refractivity contribution in [2.45, 2.75) is 19.8 Å². The lowest BCUT2D eigenvalue weighted by Crippen LogP contribution is -1.91. The Balaban J connectivity index is 2.59. The molecule has 0 bridgehead atoms. The fourth-order valence-corrected chi connectivity index (χ4v) is 1.18. The first-order chi connectivity index (χ1) is 4.33. The van der Waals surface area contributed by atoms with E-state index in [9.17, 15) is 0 Å². The first kappa shape index (κ1) is 6.94. The Labute approximate surface area is 62.1 Å². The van der Waals surface area contributed by atoms with E-state index >= 15 is 0 Å². The Hall–Kier alpha value is -0.170. The zero-order valence-electron chi connectivity index (χ0n) is 5.72. The summed E-state index contributed by atoms with van der Waals surface area (Å²) in [4.78, 5) is 0. The summed E-state index contributed by atoms with van der Waals surface area (Å²) >= 11 is 4.20. The van der Waals surface area contributed by atoms with Crippen LogP contribution in [0.4, 0.5) is 0 Å². The molecule has 0 atom stereocenters. The molecule has 1 aliphatic carbocycles. The number of rotatable bonds is 1. The molecule has 0 saturated carbocycles. The highest BCUT2D eigenvalue weighted by Gasteiger charge is 1.99. The zero-order valence-corrected chi connectivity index (χ0v) is 6.62. The van der Waals surface area contributed by atoms with E-state index in [0.717, 1.165) is 5.75 Å². The summed E-state index contributed by atoms with van der Waals surface area (Å²) < 4.78 is 0. The van der Waals surface area contributed by atoms with Crippen molar-refractivity contribution in [1.29, 1.82) is 0 Å². The highest BCUT2D eigenvalue weighted by molar-refractivity contribution is 7.80. The van der Waals surface area contributed by atoms with Crippen LogP contribution in [0.5, 0.6) is 0 Å². The molecule has 1 heteroatoms. The van der Waals surface area contributed by atoms with E-state index in [0.29, 0.717) is 0 Å². The Morgan fingerprint density at radius 1 is 1.44 bits per heavy atom. The van der Waals surface area contributed by atoms with Crippen molar-refractivity contribution < 1.29 is 0 Å². The number of thiol groups is 1. The third-order valence-corrected chi connectivity index (χ3v) is 2.05. The van der Waals surface area contributed by atoms with Gasteiger partial charge < -0.3 is 0 Å². The van der Waals surface area contributed by atoms with Gasteiger partial charge in [-0.2, -0.15) is 12.6 Å². The summed E-state index contributed by atoms with van der Waals surface area (Å²) in [5, 5.41) is 0. The predicted molar refractivity (Wildman–Crippen MR) is 44.9 cm³/mol. The van der Waals surface area contributed by atoms with Crippen LogP contribution in [0.15, 0.2) is 23.3 Å². The lowest BCUT2D eigenvalue weighted by Gasteiger charge is -2.08. The second kappa shape index (κ2) is 3.11. The smallest absolute Gasteiger partial charge is 0.0116 e. The summed E-state index contributed by atoms with van der Waals surface area (Å²) in [5.41, 5.74) is 2.95. The molecular weight excluding hydrogens is 128 g/mol. The van der Waals surface area contributed by atoms with Gasteiger partial charge in [-0.1, -0.05) is 23.3 Å². The molecule has 0 saturated heterocycles. The van der Waals surface area contributed by atoms with Gasteiger partial charge in [0.05, 0.1) is 0 Å². The van der Waals surface area contributed by atoms with Crippen LogP contribution in [0.3, 0.4) is 0 Å². The fraction of sp³-hybridized carbons (Fsp3) is 0.500. The van der Waals surface area contributed by atoms with Gasteiger partial charge in [0.25, 0.3) is 0 Å². The van der Waals surface area contributed by atoms with Crippen LogP contribution in [-0.4, -0.2) is 5.75 Å². The molecule has 0 aromatic heterocycles. The second-order valence-corrected chi connectivity index (χ2v) is 2.81. The number of hydrogen-bond donors (Lipinski definition) is 1. The van der Waals surface area contributed by atoms with Crippen LogP contribution in [0.1, 0.15) is 19.8 Å². The van der Waals surface area contributed by atoms with Crippen LogP contribution in [0.25, 0.3) is 0 Å². The van der Waals surface area contributed by atoms with Crippen molar-refractivity contribution in [2.24, 2.45) is 0 Å². The fourth-order valence-electron chi connectivity index (χ4n) is 0.916. The summed E-state index contributed by atoms with van der Waals surface area (Å²) in [7, 11) is 0. The minimum Gasteiger partial charge on any atom is -0.175 e. The van der Waals surface area contributed by atoms with E-state index in [1.165, 1.54) is 24.0 Å². The van der Waals surface area contributed by atoms with Crippen LogP contribution < -0.4 is 0 Å². The quantitative estimate of drug-likeness (QED) is 0.532. The summed E-state index contributed by atoms with van der Waals surface area (Å²) in [6.45, 7) is 2.17. The molecule has 0 amide bonds. The van der Waals surface area contributed by atoms with Crippen LogP contribution in [0, 0.1) is 0 Å². The van der Waals surface area contributed by atoms with Crippen molar-refractivity contribution >= 4 is 12.6 Å². The average molecular weight is 140 g/mol. The minimum atomic E-state index is 0.920. The summed E-state index contributed by atoms with van der Waals surface area (Å²) in [6.07, 6.45) is 6.82. The SMILES string of the molecule is CC1=CC=C(CS)CC1. The van der Waals surface area contributed by atoms with Gasteiger partial charge in [0, 0.05) is 5.75 Å². The molecule has 0 aromatic rings. The Bertz CT molecular complexity index is 154. The third kappa shape index (κ3) is 1.90. The molecule has 0 aromatic carbocycles. The van der Waals surface area contributed by atoms with Crippen LogP contribution in [0.2, 0.25) is 0 Å². The highest BCUT2D eigenvalue weighted by atomic mass is 32.1. The van der Waals surface area contributed by atoms with Gasteiger partial charge in [-0.15, -0.1) is 0 Å². The van der Waals surface area contributed by atoms with Gasteiger partial charge in [-0.05, 0) is 19.8 Å². The van der Waals surface area contributed by atoms with Gasteiger partial charge in [0.15, 0.2) is 0 Å². The molecule has 0 nitrogen and oxygen atoms in total. The van der Waals surface area contributed by atoms with Crippen molar-refractivity contribution in [2.75, 3.05) is 5.75 Å². The monoisotopic (exact) mass is 140 g/mol. The Kier molecular flexibility index (Phi) is 2.40. The normalized spacial score (nSPS) is 18.9. The minimum absolute atomic E-state index is 0.920. The molecule has 50 valence electrons. The van der Waals surface area contributed by atoms with Gasteiger partial charge in [-0.3, -0.25) is 0 Å². The van der Waals surface area contributed by atoms with Crippen molar-refractivity contribution in [3.63, 3.8) is 0 Å². The first-order valence-corrected chi connectivity index (χ1v) is 3.92. The van der Waals surface area contributed by atoms with E-state index in [-0.39, 0.29) is 0 Å². The second-order valence-electron chi connectivity index (χ2n) is 2.50. The van der Waals surface area contributed by atoms with E-state index in [1.54, 1.807) is 0 Å². The molecule has 1 aliphatic rings. The maximum Gasteiger partial charge on any atom is 0.0116 e. The third-order valence-electron chi connectivity index (χ3n) is 1.65. The summed E-state index contributed by atoms with van der Waals surface area (Å²) in [5.74, 6) is 0.920. The standard InChI is InChI=1S/C8H12S/c1-7-2-4-8(6-9)5-3-7/h2,4,9H,3,5-6H2,1H3.